The highest BCUT2D eigenvalue weighted by Crippen LogP contribution is 2.28. The lowest BCUT2D eigenvalue weighted by Gasteiger charge is -2.14. The summed E-state index contributed by atoms with van der Waals surface area (Å²) in [6, 6.07) is 7.92. The van der Waals surface area contributed by atoms with E-state index in [1.54, 1.807) is 6.20 Å². The first kappa shape index (κ1) is 27.2. The van der Waals surface area contributed by atoms with Crippen molar-refractivity contribution < 1.29 is 19.0 Å². The average Bonchev–Trinajstić information content (AvgIpc) is 2.82. The zero-order valence-corrected chi connectivity index (χ0v) is 21.4. The van der Waals surface area contributed by atoms with Crippen molar-refractivity contribution in [2.45, 2.75) is 66.2 Å². The SMILES string of the molecule is C/C=C/COc1cc(C)c(OCCCCCCCCOc2ccc(/C(C)=N\OC)cn2)c(C)c1. The highest BCUT2D eigenvalue weighted by atomic mass is 16.6. The molecule has 0 aliphatic carbocycles. The van der Waals surface area contributed by atoms with Crippen molar-refractivity contribution in [3.63, 3.8) is 0 Å². The standard InChI is InChI=1S/C28H40N2O4/c1-6-7-16-32-26-19-22(2)28(23(3)20-26)34-18-13-11-9-8-10-12-17-33-27-15-14-25(21-29-27)24(4)30-31-5/h6-7,14-15,19-21H,8-13,16-18H2,1-5H3/b7-6+,30-24-. The lowest BCUT2D eigenvalue weighted by Crippen LogP contribution is -2.02. The number of ether oxygens (including phenoxy) is 3. The summed E-state index contributed by atoms with van der Waals surface area (Å²) in [4.78, 5) is 9.11. The normalized spacial score (nSPS) is 11.6. The number of pyridine rings is 1. The van der Waals surface area contributed by atoms with Gasteiger partial charge in [-0.2, -0.15) is 0 Å². The van der Waals surface area contributed by atoms with Gasteiger partial charge in [0.25, 0.3) is 0 Å². The molecule has 0 fully saturated rings. The molecule has 0 saturated carbocycles. The van der Waals surface area contributed by atoms with E-state index in [1.807, 2.05) is 38.1 Å². The number of hydrogen-bond acceptors (Lipinski definition) is 6. The van der Waals surface area contributed by atoms with E-state index in [1.165, 1.54) is 26.4 Å². The molecule has 0 aliphatic rings. The number of hydrogen-bond donors (Lipinski definition) is 0. The number of nitrogens with zero attached hydrogens (tertiary/aromatic N) is 2. The van der Waals surface area contributed by atoms with Crippen molar-refractivity contribution in [3.05, 3.63) is 59.3 Å². The Morgan fingerprint density at radius 2 is 1.56 bits per heavy atom. The minimum Gasteiger partial charge on any atom is -0.493 e. The number of allylic oxidation sites excluding steroid dienone is 1. The van der Waals surface area contributed by atoms with E-state index < -0.39 is 0 Å². The number of benzene rings is 1. The molecule has 1 aromatic carbocycles. The molecule has 1 aromatic heterocycles. The van der Waals surface area contributed by atoms with Crippen LogP contribution in [0, 0.1) is 13.8 Å². The molecule has 0 spiro atoms. The predicted octanol–water partition coefficient (Wildman–Crippen LogP) is 6.82. The van der Waals surface area contributed by atoms with Crippen molar-refractivity contribution in [3.8, 4) is 17.4 Å². The van der Waals surface area contributed by atoms with Crippen LogP contribution in [0.5, 0.6) is 17.4 Å². The Kier molecular flexibility index (Phi) is 12.6. The Bertz CT molecular complexity index is 884. The molecule has 2 aromatic rings. The molecule has 0 aliphatic heterocycles. The monoisotopic (exact) mass is 468 g/mol. The average molecular weight is 469 g/mol. The fourth-order valence-corrected chi connectivity index (χ4v) is 3.59. The summed E-state index contributed by atoms with van der Waals surface area (Å²) in [5, 5.41) is 3.91. The largest absolute Gasteiger partial charge is 0.493 e. The number of unbranched alkanes of at least 4 members (excludes halogenated alkanes) is 5. The second-order valence-electron chi connectivity index (χ2n) is 8.33. The predicted molar refractivity (Wildman–Crippen MR) is 138 cm³/mol. The van der Waals surface area contributed by atoms with Crippen molar-refractivity contribution >= 4 is 5.71 Å². The van der Waals surface area contributed by atoms with E-state index in [0.29, 0.717) is 19.1 Å². The molecule has 6 heteroatoms. The van der Waals surface area contributed by atoms with Crippen LogP contribution < -0.4 is 14.2 Å². The first-order valence-electron chi connectivity index (χ1n) is 12.2. The van der Waals surface area contributed by atoms with Gasteiger partial charge in [-0.25, -0.2) is 4.98 Å². The fraction of sp³-hybridized carbons (Fsp3) is 0.500. The van der Waals surface area contributed by atoms with E-state index in [-0.39, 0.29) is 0 Å². The van der Waals surface area contributed by atoms with Crippen molar-refractivity contribution in [2.75, 3.05) is 26.9 Å². The van der Waals surface area contributed by atoms with Gasteiger partial charge in [0.15, 0.2) is 0 Å². The van der Waals surface area contributed by atoms with Crippen LogP contribution in [-0.2, 0) is 4.84 Å². The summed E-state index contributed by atoms with van der Waals surface area (Å²) in [6.07, 6.45) is 12.6. The van der Waals surface area contributed by atoms with Crippen LogP contribution in [0.3, 0.4) is 0 Å². The Balaban J connectivity index is 1.54. The summed E-state index contributed by atoms with van der Waals surface area (Å²) in [6.45, 7) is 10.1. The van der Waals surface area contributed by atoms with Gasteiger partial charge >= 0.3 is 0 Å². The molecule has 1 heterocycles. The number of aromatic nitrogens is 1. The van der Waals surface area contributed by atoms with Crippen LogP contribution in [0.2, 0.25) is 0 Å². The van der Waals surface area contributed by atoms with Crippen molar-refractivity contribution in [2.24, 2.45) is 5.16 Å². The quantitative estimate of drug-likeness (QED) is 0.117. The molecular weight excluding hydrogens is 428 g/mol. The molecule has 34 heavy (non-hydrogen) atoms. The lowest BCUT2D eigenvalue weighted by molar-refractivity contribution is 0.213. The van der Waals surface area contributed by atoms with Crippen LogP contribution in [0.4, 0.5) is 0 Å². The zero-order valence-electron chi connectivity index (χ0n) is 21.4. The van der Waals surface area contributed by atoms with Crippen molar-refractivity contribution in [1.29, 1.82) is 0 Å². The molecule has 0 unspecified atom stereocenters. The van der Waals surface area contributed by atoms with Crippen LogP contribution in [-0.4, -0.2) is 37.6 Å². The Hall–Kier alpha value is -3.02. The second kappa shape index (κ2) is 15.8. The molecule has 186 valence electrons. The molecule has 0 amide bonds. The van der Waals surface area contributed by atoms with E-state index >= 15 is 0 Å². The van der Waals surface area contributed by atoms with Crippen LogP contribution in [0.25, 0.3) is 0 Å². The van der Waals surface area contributed by atoms with Gasteiger partial charge in [0.2, 0.25) is 5.88 Å². The maximum Gasteiger partial charge on any atom is 0.213 e. The highest BCUT2D eigenvalue weighted by Gasteiger charge is 2.07. The van der Waals surface area contributed by atoms with Crippen molar-refractivity contribution in [1.82, 2.24) is 4.98 Å². The third-order valence-corrected chi connectivity index (χ3v) is 5.43. The van der Waals surface area contributed by atoms with Gasteiger partial charge in [0.05, 0.1) is 18.9 Å². The summed E-state index contributed by atoms with van der Waals surface area (Å²) < 4.78 is 17.6. The number of oxime groups is 1. The third kappa shape index (κ3) is 9.86. The molecule has 6 nitrogen and oxygen atoms in total. The topological polar surface area (TPSA) is 62.2 Å². The van der Waals surface area contributed by atoms with Crippen LogP contribution in [0.1, 0.15) is 69.1 Å². The second-order valence-corrected chi connectivity index (χ2v) is 8.33. The summed E-state index contributed by atoms with van der Waals surface area (Å²) in [7, 11) is 1.54. The van der Waals surface area contributed by atoms with Gasteiger partial charge in [0.1, 0.15) is 25.2 Å². The van der Waals surface area contributed by atoms with Gasteiger partial charge in [-0.05, 0) is 69.9 Å². The maximum atomic E-state index is 6.07. The first-order valence-corrected chi connectivity index (χ1v) is 12.2. The van der Waals surface area contributed by atoms with E-state index in [2.05, 4.69) is 36.1 Å². The summed E-state index contributed by atoms with van der Waals surface area (Å²) in [5.74, 6) is 2.52. The Morgan fingerprint density at radius 3 is 2.15 bits per heavy atom. The minimum absolute atomic E-state index is 0.594. The third-order valence-electron chi connectivity index (χ3n) is 5.43. The van der Waals surface area contributed by atoms with Gasteiger partial charge in [-0.15, -0.1) is 0 Å². The maximum absolute atomic E-state index is 6.07. The molecule has 0 atom stereocenters. The van der Waals surface area contributed by atoms with Gasteiger partial charge in [-0.3, -0.25) is 0 Å². The van der Waals surface area contributed by atoms with Crippen LogP contribution in [0.15, 0.2) is 47.8 Å². The lowest BCUT2D eigenvalue weighted by atomic mass is 10.1. The van der Waals surface area contributed by atoms with Crippen LogP contribution >= 0.6 is 0 Å². The summed E-state index contributed by atoms with van der Waals surface area (Å²) in [5.41, 5.74) is 3.96. The molecule has 0 N–H and O–H groups in total. The molecular formula is C28H40N2O4. The Labute approximate surface area is 205 Å². The first-order chi connectivity index (χ1) is 16.5. The fourth-order valence-electron chi connectivity index (χ4n) is 3.59. The minimum atomic E-state index is 0.594. The number of rotatable bonds is 16. The van der Waals surface area contributed by atoms with E-state index in [0.717, 1.165) is 59.8 Å². The van der Waals surface area contributed by atoms with Gasteiger partial charge in [0, 0.05) is 17.8 Å². The number of aryl methyl sites for hydroxylation is 2. The van der Waals surface area contributed by atoms with Gasteiger partial charge < -0.3 is 19.0 Å². The van der Waals surface area contributed by atoms with E-state index in [4.69, 9.17) is 19.0 Å². The van der Waals surface area contributed by atoms with Gasteiger partial charge in [-0.1, -0.05) is 43.0 Å². The highest BCUT2D eigenvalue weighted by molar-refractivity contribution is 5.98. The molecule has 0 bridgehead atoms. The smallest absolute Gasteiger partial charge is 0.213 e. The summed E-state index contributed by atoms with van der Waals surface area (Å²) >= 11 is 0. The molecule has 0 saturated heterocycles. The Morgan fingerprint density at radius 1 is 0.912 bits per heavy atom. The zero-order chi connectivity index (χ0) is 24.6. The van der Waals surface area contributed by atoms with E-state index in [9.17, 15) is 0 Å². The molecule has 0 radical (unpaired) electrons. The molecule has 2 rings (SSSR count).